The Kier molecular flexibility index (Phi) is 12.3. The van der Waals surface area contributed by atoms with Crippen LogP contribution in [-0.4, -0.2) is 40.8 Å². The molecule has 54 heavy (non-hydrogen) atoms. The fraction of sp³-hybridized carbons (Fsp3) is 0.500. The lowest BCUT2D eigenvalue weighted by Gasteiger charge is -2.28. The predicted octanol–water partition coefficient (Wildman–Crippen LogP) is 10.4. The molecule has 0 amide bonds. The molecule has 3 aromatic rings. The highest BCUT2D eigenvalue weighted by Crippen LogP contribution is 2.49. The van der Waals surface area contributed by atoms with Gasteiger partial charge in [0, 0.05) is 62.8 Å². The number of allylic oxidation sites excluding steroid dienone is 6. The molecule has 0 bridgehead atoms. The lowest BCUT2D eigenvalue weighted by Crippen LogP contribution is -2.35. The fourth-order valence-electron chi connectivity index (χ4n) is 8.62. The second kappa shape index (κ2) is 17.1. The van der Waals surface area contributed by atoms with Crippen LogP contribution >= 0.6 is 35.1 Å². The molecule has 1 aromatic heterocycles. The van der Waals surface area contributed by atoms with Gasteiger partial charge >= 0.3 is 0 Å². The van der Waals surface area contributed by atoms with Gasteiger partial charge in [-0.2, -0.15) is 4.57 Å². The van der Waals surface area contributed by atoms with Crippen LogP contribution in [-0.2, 0) is 31.6 Å². The number of rotatable bonds is 13. The van der Waals surface area contributed by atoms with Gasteiger partial charge in [0.2, 0.25) is 5.52 Å². The highest BCUT2D eigenvalue weighted by atomic mass is 32.2. The first-order valence-corrected chi connectivity index (χ1v) is 24.9. The number of unbranched alkanes of at least 4 members (excludes halogenated alkanes) is 1. The molecule has 2 saturated carbocycles. The Morgan fingerprint density at radius 2 is 1.78 bits per heavy atom. The number of fused-ring (bicyclic) bond motifs is 3. The average molecular weight is 823 g/mol. The van der Waals surface area contributed by atoms with Crippen molar-refractivity contribution in [2.75, 3.05) is 17.2 Å². The molecule has 12 heteroatoms. The largest absolute Gasteiger partial charge is 0.748 e. The summed E-state index contributed by atoms with van der Waals surface area (Å²) in [6, 6.07) is 13.0. The van der Waals surface area contributed by atoms with Gasteiger partial charge in [-0.1, -0.05) is 60.9 Å². The van der Waals surface area contributed by atoms with Crippen LogP contribution in [0.4, 0.5) is 5.69 Å². The van der Waals surface area contributed by atoms with Gasteiger partial charge in [0.15, 0.2) is 6.54 Å². The number of hydrogen-bond donors (Lipinski definition) is 0. The lowest BCUT2D eigenvalue weighted by molar-refractivity contribution is -0.669. The molecule has 5 aliphatic rings. The zero-order valence-electron chi connectivity index (χ0n) is 31.0. The molecule has 1 aliphatic heterocycles. The minimum Gasteiger partial charge on any atom is -0.748 e. The molecule has 0 N–H and O–H groups in total. The summed E-state index contributed by atoms with van der Waals surface area (Å²) in [4.78, 5) is 5.78. The Morgan fingerprint density at radius 1 is 0.981 bits per heavy atom. The maximum Gasteiger partial charge on any atom is 0.263 e. The van der Waals surface area contributed by atoms with Crippen molar-refractivity contribution < 1.29 is 25.9 Å². The number of thiazole rings is 1. The van der Waals surface area contributed by atoms with Gasteiger partial charge in [0.25, 0.3) is 5.01 Å². The molecule has 2 aromatic carbocycles. The Morgan fingerprint density at radius 3 is 2.57 bits per heavy atom. The molecular formula is C42H50N2O5S5. The van der Waals surface area contributed by atoms with Crippen LogP contribution in [0.3, 0.4) is 0 Å². The number of aryl methyl sites for hydroxylation is 1. The zero-order chi connectivity index (χ0) is 37.2. The molecule has 0 saturated heterocycles. The normalized spacial score (nSPS) is 23.0. The van der Waals surface area contributed by atoms with Crippen LogP contribution in [0.1, 0.15) is 102 Å². The van der Waals surface area contributed by atoms with Crippen molar-refractivity contribution in [1.82, 2.24) is 0 Å². The highest BCUT2D eigenvalue weighted by Gasteiger charge is 2.29. The van der Waals surface area contributed by atoms with E-state index in [1.165, 1.54) is 75.0 Å². The van der Waals surface area contributed by atoms with E-state index in [1.54, 1.807) is 11.3 Å². The van der Waals surface area contributed by atoms with Crippen molar-refractivity contribution in [3.63, 3.8) is 0 Å². The van der Waals surface area contributed by atoms with E-state index in [0.717, 1.165) is 78.0 Å². The quantitative estimate of drug-likeness (QED) is 0.0729. The van der Waals surface area contributed by atoms with Gasteiger partial charge in [-0.05, 0) is 124 Å². The van der Waals surface area contributed by atoms with E-state index in [9.17, 15) is 17.2 Å². The van der Waals surface area contributed by atoms with Gasteiger partial charge in [-0.15, -0.1) is 0 Å². The van der Waals surface area contributed by atoms with E-state index >= 15 is 0 Å². The number of aromatic nitrogens is 1. The molecule has 2 unspecified atom stereocenters. The molecule has 4 aliphatic carbocycles. The lowest BCUT2D eigenvalue weighted by atomic mass is 9.77. The smallest absolute Gasteiger partial charge is 0.263 e. The van der Waals surface area contributed by atoms with Crippen LogP contribution in [0.5, 0.6) is 0 Å². The summed E-state index contributed by atoms with van der Waals surface area (Å²) in [5.74, 6) is 0.216. The van der Waals surface area contributed by atoms with E-state index in [0.29, 0.717) is 31.4 Å². The molecule has 8 rings (SSSR count). The number of nitrogens with zero attached hydrogens (tertiary/aromatic N) is 2. The van der Waals surface area contributed by atoms with Crippen molar-refractivity contribution >= 4 is 78.0 Å². The summed E-state index contributed by atoms with van der Waals surface area (Å²) < 4.78 is 57.1. The maximum absolute atomic E-state index is 13.5. The van der Waals surface area contributed by atoms with Gasteiger partial charge < -0.3 is 13.6 Å². The second-order valence-corrected chi connectivity index (χ2v) is 21.5. The summed E-state index contributed by atoms with van der Waals surface area (Å²) in [5.41, 5.74) is 6.38. The average Bonchev–Trinajstić information content (AvgIpc) is 3.99. The Balaban J connectivity index is 1.04. The SMILES string of the molecule is CCN1/C(=C/C2=CC3=C/C(=C/c4sc5ccc(S(=O)C6CCCC6)cc5[n+]4CCCCS(=O)(=O)[O-])CCC3CC2)Sc2ccc(SOC3CCCC3)cc21. The van der Waals surface area contributed by atoms with Crippen molar-refractivity contribution in [3.05, 3.63) is 81.4 Å². The minimum absolute atomic E-state index is 0.218. The molecule has 2 fully saturated rings. The summed E-state index contributed by atoms with van der Waals surface area (Å²) in [5, 5.41) is 2.61. The molecule has 288 valence electrons. The van der Waals surface area contributed by atoms with Crippen LogP contribution in [0, 0.1) is 5.92 Å². The van der Waals surface area contributed by atoms with Crippen molar-refractivity contribution in [2.24, 2.45) is 5.92 Å². The zero-order valence-corrected chi connectivity index (χ0v) is 35.1. The highest BCUT2D eigenvalue weighted by molar-refractivity contribution is 8.03. The molecule has 2 heterocycles. The number of thioether (sulfide) groups is 1. The first-order valence-electron chi connectivity index (χ1n) is 19.8. The van der Waals surface area contributed by atoms with Crippen molar-refractivity contribution in [2.45, 2.75) is 129 Å². The van der Waals surface area contributed by atoms with Crippen LogP contribution < -0.4 is 9.47 Å². The third kappa shape index (κ3) is 9.00. The first kappa shape index (κ1) is 38.7. The van der Waals surface area contributed by atoms with E-state index in [2.05, 4.69) is 71.0 Å². The third-order valence-electron chi connectivity index (χ3n) is 11.5. The van der Waals surface area contributed by atoms with E-state index in [4.69, 9.17) is 4.18 Å². The molecular weight excluding hydrogens is 773 g/mol. The third-order valence-corrected chi connectivity index (χ3v) is 17.1. The van der Waals surface area contributed by atoms with Crippen molar-refractivity contribution in [3.8, 4) is 0 Å². The number of anilines is 1. The second-order valence-electron chi connectivity index (χ2n) is 15.3. The minimum atomic E-state index is -4.25. The first-order chi connectivity index (χ1) is 26.2. The van der Waals surface area contributed by atoms with Gasteiger partial charge in [0.05, 0.1) is 37.7 Å². The summed E-state index contributed by atoms with van der Waals surface area (Å²) in [6.45, 7) is 3.74. The van der Waals surface area contributed by atoms with Crippen LogP contribution in [0.2, 0.25) is 0 Å². The fourth-order valence-corrected chi connectivity index (χ4v) is 13.8. The van der Waals surface area contributed by atoms with E-state index in [1.807, 2.05) is 17.8 Å². The van der Waals surface area contributed by atoms with E-state index < -0.39 is 20.9 Å². The maximum atomic E-state index is 13.5. The van der Waals surface area contributed by atoms with Crippen LogP contribution in [0.25, 0.3) is 16.3 Å². The molecule has 0 radical (unpaired) electrons. The van der Waals surface area contributed by atoms with Crippen LogP contribution in [0.15, 0.2) is 91.1 Å². The number of hydrogen-bond acceptors (Lipinski definition) is 9. The Bertz CT molecular complexity index is 2140. The summed E-state index contributed by atoms with van der Waals surface area (Å²) >= 11 is 5.12. The van der Waals surface area contributed by atoms with Gasteiger partial charge in [-0.25, -0.2) is 8.42 Å². The van der Waals surface area contributed by atoms with Crippen molar-refractivity contribution in [1.29, 1.82) is 0 Å². The Hall–Kier alpha value is -2.19. The monoisotopic (exact) mass is 822 g/mol. The summed E-state index contributed by atoms with van der Waals surface area (Å²) in [7, 11) is -5.30. The van der Waals surface area contributed by atoms with Gasteiger partial charge in [0.1, 0.15) is 4.70 Å². The number of benzene rings is 2. The predicted molar refractivity (Wildman–Crippen MR) is 223 cm³/mol. The van der Waals surface area contributed by atoms with Gasteiger partial charge in [-0.3, -0.25) is 4.21 Å². The summed E-state index contributed by atoms with van der Waals surface area (Å²) in [6.07, 6.45) is 24.4. The molecule has 0 spiro atoms. The van der Waals surface area contributed by atoms with E-state index in [-0.39, 0.29) is 11.0 Å². The Labute approximate surface area is 335 Å². The standard InChI is InChI=1S/C42H50N2O5S5/c1-2-43-37-27-34(52-49-33-9-3-4-10-33)17-19-39(37)50-41(43)25-29-13-15-31-16-14-30(24-32(31)23-29)26-42-44(21-7-8-22-54(46,47)48)38-28-36(18-20-40(38)51-42)53(45)35-11-5-6-12-35/h17-20,23-28,31,33,35H,2-16,21-22H2,1H3. The molecule has 7 nitrogen and oxygen atoms in total. The molecule has 2 atom stereocenters. The topological polar surface area (TPSA) is 90.6 Å².